The highest BCUT2D eigenvalue weighted by atomic mass is 16.4. The van der Waals surface area contributed by atoms with Gasteiger partial charge in [-0.05, 0) is 51.3 Å². The Bertz CT molecular complexity index is 547. The number of hydrogen-bond acceptors (Lipinski definition) is 2. The lowest BCUT2D eigenvalue weighted by Crippen LogP contribution is -2.50. The van der Waals surface area contributed by atoms with Crippen LogP contribution in [0, 0.1) is 0 Å². The average Bonchev–Trinajstić information content (AvgIpc) is 2.35. The monoisotopic (exact) mass is 276 g/mol. The molecule has 1 aromatic carbocycles. The van der Waals surface area contributed by atoms with Crippen LogP contribution in [0.1, 0.15) is 43.1 Å². The van der Waals surface area contributed by atoms with Crippen LogP contribution in [-0.4, -0.2) is 29.2 Å². The van der Waals surface area contributed by atoms with Crippen LogP contribution in [0.2, 0.25) is 0 Å². The predicted octanol–water partition coefficient (Wildman–Crippen LogP) is 2.65. The van der Waals surface area contributed by atoms with Gasteiger partial charge in [0.1, 0.15) is 0 Å². The number of carboxylic acids is 1. The molecule has 1 heterocycles. The van der Waals surface area contributed by atoms with E-state index < -0.39 is 5.97 Å². The first-order valence-electron chi connectivity index (χ1n) is 6.74. The lowest BCUT2D eigenvalue weighted by molar-refractivity contribution is 0.0695. The molecular formula is C15H20N2O3. The molecule has 1 aromatic rings. The first kappa shape index (κ1) is 14.4. The van der Waals surface area contributed by atoms with E-state index in [1.165, 1.54) is 0 Å². The van der Waals surface area contributed by atoms with Crippen molar-refractivity contribution in [3.8, 4) is 0 Å². The highest BCUT2D eigenvalue weighted by molar-refractivity contribution is 5.97. The largest absolute Gasteiger partial charge is 0.478 e. The summed E-state index contributed by atoms with van der Waals surface area (Å²) in [4.78, 5) is 25.2. The molecule has 108 valence electrons. The van der Waals surface area contributed by atoms with E-state index in [-0.39, 0.29) is 17.1 Å². The fraction of sp³-hybridized carbons (Fsp3) is 0.467. The fourth-order valence-electron chi connectivity index (χ4n) is 2.42. The number of carbonyl (C=O) groups excluding carboxylic acids is 1. The van der Waals surface area contributed by atoms with Crippen LogP contribution >= 0.6 is 0 Å². The number of hydrogen-bond donors (Lipinski definition) is 2. The molecule has 0 fully saturated rings. The molecule has 0 atom stereocenters. The molecule has 0 aromatic heterocycles. The Hall–Kier alpha value is -2.04. The lowest BCUT2D eigenvalue weighted by Gasteiger charge is -2.33. The van der Waals surface area contributed by atoms with Crippen molar-refractivity contribution in [3.63, 3.8) is 0 Å². The summed E-state index contributed by atoms with van der Waals surface area (Å²) in [6, 6.07) is 4.90. The Balaban J connectivity index is 2.36. The van der Waals surface area contributed by atoms with Crippen LogP contribution in [0.3, 0.4) is 0 Å². The number of anilines is 1. The van der Waals surface area contributed by atoms with Crippen LogP contribution in [0.4, 0.5) is 10.5 Å². The minimum Gasteiger partial charge on any atom is -0.478 e. The normalized spacial score (nSPS) is 14.7. The first-order valence-corrected chi connectivity index (χ1v) is 6.74. The van der Waals surface area contributed by atoms with E-state index >= 15 is 0 Å². The van der Waals surface area contributed by atoms with E-state index in [1.54, 1.807) is 17.0 Å². The fourth-order valence-corrected chi connectivity index (χ4v) is 2.42. The highest BCUT2D eigenvalue weighted by Gasteiger charge is 2.27. The van der Waals surface area contributed by atoms with Crippen LogP contribution < -0.4 is 10.2 Å². The average molecular weight is 276 g/mol. The Morgan fingerprint density at radius 1 is 1.30 bits per heavy atom. The molecule has 0 aliphatic carbocycles. The maximum atomic E-state index is 12.3. The second kappa shape index (κ2) is 5.15. The number of nitrogens with one attached hydrogen (secondary N) is 1. The Morgan fingerprint density at radius 3 is 2.60 bits per heavy atom. The third-order valence-corrected chi connectivity index (χ3v) is 3.21. The first-order chi connectivity index (χ1) is 9.29. The molecule has 0 spiro atoms. The number of carbonyl (C=O) groups is 2. The number of fused-ring (bicyclic) bond motifs is 1. The molecule has 1 aliphatic rings. The van der Waals surface area contributed by atoms with Crippen molar-refractivity contribution in [2.75, 3.05) is 11.4 Å². The van der Waals surface area contributed by atoms with Gasteiger partial charge in [0.15, 0.2) is 0 Å². The van der Waals surface area contributed by atoms with Crippen molar-refractivity contribution in [3.05, 3.63) is 29.3 Å². The van der Waals surface area contributed by atoms with Gasteiger partial charge in [-0.1, -0.05) is 6.07 Å². The van der Waals surface area contributed by atoms with Gasteiger partial charge in [-0.2, -0.15) is 0 Å². The second-order valence-electron chi connectivity index (χ2n) is 6.04. The molecule has 0 saturated heterocycles. The van der Waals surface area contributed by atoms with Crippen LogP contribution in [0.25, 0.3) is 0 Å². The van der Waals surface area contributed by atoms with Crippen LogP contribution in [0.15, 0.2) is 18.2 Å². The van der Waals surface area contributed by atoms with E-state index in [2.05, 4.69) is 5.32 Å². The van der Waals surface area contributed by atoms with Gasteiger partial charge < -0.3 is 10.4 Å². The topological polar surface area (TPSA) is 69.6 Å². The SMILES string of the molecule is CC(C)(C)NC(=O)N1CCCc2c(C(=O)O)cccc21. The number of benzene rings is 1. The van der Waals surface area contributed by atoms with Crippen LogP contribution in [0.5, 0.6) is 0 Å². The minimum absolute atomic E-state index is 0.180. The smallest absolute Gasteiger partial charge is 0.336 e. The van der Waals surface area contributed by atoms with Gasteiger partial charge in [0.2, 0.25) is 0 Å². The number of nitrogens with zero attached hydrogens (tertiary/aromatic N) is 1. The third kappa shape index (κ3) is 2.92. The van der Waals surface area contributed by atoms with Crippen molar-refractivity contribution >= 4 is 17.7 Å². The number of rotatable bonds is 1. The zero-order chi connectivity index (χ0) is 14.9. The van der Waals surface area contributed by atoms with Gasteiger partial charge in [0, 0.05) is 17.8 Å². The van der Waals surface area contributed by atoms with Gasteiger partial charge in [-0.3, -0.25) is 4.90 Å². The van der Waals surface area contributed by atoms with Crippen molar-refractivity contribution in [1.29, 1.82) is 0 Å². The standard InChI is InChI=1S/C15H20N2O3/c1-15(2,3)16-14(20)17-9-5-7-10-11(13(18)19)6-4-8-12(10)17/h4,6,8H,5,7,9H2,1-3H3,(H,16,20)(H,18,19). The quantitative estimate of drug-likeness (QED) is 0.828. The molecule has 2 amide bonds. The zero-order valence-corrected chi connectivity index (χ0v) is 12.1. The Kier molecular flexibility index (Phi) is 3.70. The molecule has 0 radical (unpaired) electrons. The summed E-state index contributed by atoms with van der Waals surface area (Å²) >= 11 is 0. The molecule has 0 unspecified atom stereocenters. The van der Waals surface area contributed by atoms with Crippen molar-refractivity contribution in [2.45, 2.75) is 39.2 Å². The maximum Gasteiger partial charge on any atom is 0.336 e. The van der Waals surface area contributed by atoms with Gasteiger partial charge >= 0.3 is 12.0 Å². The second-order valence-corrected chi connectivity index (χ2v) is 6.04. The zero-order valence-electron chi connectivity index (χ0n) is 12.1. The molecule has 5 heteroatoms. The molecule has 1 aliphatic heterocycles. The molecule has 5 nitrogen and oxygen atoms in total. The van der Waals surface area contributed by atoms with Gasteiger partial charge in [0.25, 0.3) is 0 Å². The molecule has 20 heavy (non-hydrogen) atoms. The minimum atomic E-state index is -0.945. The number of carboxylic acid groups (broad SMARTS) is 1. The maximum absolute atomic E-state index is 12.3. The molecule has 0 saturated carbocycles. The summed E-state index contributed by atoms with van der Waals surface area (Å²) < 4.78 is 0. The highest BCUT2D eigenvalue weighted by Crippen LogP contribution is 2.30. The third-order valence-electron chi connectivity index (χ3n) is 3.21. The Labute approximate surface area is 118 Å². The van der Waals surface area contributed by atoms with E-state index in [1.807, 2.05) is 26.8 Å². The van der Waals surface area contributed by atoms with E-state index in [0.717, 1.165) is 12.0 Å². The molecule has 2 N–H and O–H groups in total. The lowest BCUT2D eigenvalue weighted by atomic mass is 9.96. The summed E-state index contributed by atoms with van der Waals surface area (Å²) in [7, 11) is 0. The summed E-state index contributed by atoms with van der Waals surface area (Å²) in [5, 5.41) is 12.2. The molecule has 2 rings (SSSR count). The van der Waals surface area contributed by atoms with Crippen molar-refractivity contribution < 1.29 is 14.7 Å². The van der Waals surface area contributed by atoms with Gasteiger partial charge in [0.05, 0.1) is 5.56 Å². The van der Waals surface area contributed by atoms with Crippen molar-refractivity contribution in [1.82, 2.24) is 5.32 Å². The summed E-state index contributed by atoms with van der Waals surface area (Å²) in [5.74, 6) is -0.945. The predicted molar refractivity (Wildman–Crippen MR) is 77.4 cm³/mol. The number of amides is 2. The Morgan fingerprint density at radius 2 is 2.00 bits per heavy atom. The summed E-state index contributed by atoms with van der Waals surface area (Å²) in [5.41, 5.74) is 1.42. The summed E-state index contributed by atoms with van der Waals surface area (Å²) in [6.45, 7) is 6.37. The van der Waals surface area contributed by atoms with E-state index in [4.69, 9.17) is 0 Å². The van der Waals surface area contributed by atoms with Gasteiger partial charge in [-0.15, -0.1) is 0 Å². The molecule has 0 bridgehead atoms. The number of aromatic carboxylic acids is 1. The van der Waals surface area contributed by atoms with Crippen molar-refractivity contribution in [2.24, 2.45) is 0 Å². The van der Waals surface area contributed by atoms with Gasteiger partial charge in [-0.25, -0.2) is 9.59 Å². The summed E-state index contributed by atoms with van der Waals surface area (Å²) in [6.07, 6.45) is 1.46. The molecular weight excluding hydrogens is 256 g/mol. The van der Waals surface area contributed by atoms with E-state index in [0.29, 0.717) is 18.7 Å². The van der Waals surface area contributed by atoms with E-state index in [9.17, 15) is 14.7 Å². The number of urea groups is 1. The van der Waals surface area contributed by atoms with Crippen LogP contribution in [-0.2, 0) is 6.42 Å².